The van der Waals surface area contributed by atoms with Crippen LogP contribution >= 0.6 is 11.8 Å². The van der Waals surface area contributed by atoms with Crippen LogP contribution in [0, 0.1) is 6.92 Å². The molecule has 2 aromatic rings. The molecule has 1 aromatic carbocycles. The first-order chi connectivity index (χ1) is 12.5. The van der Waals surface area contributed by atoms with Gasteiger partial charge in [0.2, 0.25) is 11.8 Å². The minimum absolute atomic E-state index is 0.0476. The molecule has 26 heavy (non-hydrogen) atoms. The lowest BCUT2D eigenvalue weighted by molar-refractivity contribution is -0.119. The van der Waals surface area contributed by atoms with Gasteiger partial charge in [0.25, 0.3) is 0 Å². The molecule has 138 valence electrons. The molecule has 0 fully saturated rings. The molecule has 0 saturated carbocycles. The quantitative estimate of drug-likeness (QED) is 0.812. The normalized spacial score (nSPS) is 17.2. The summed E-state index contributed by atoms with van der Waals surface area (Å²) in [4.78, 5) is 24.5. The van der Waals surface area contributed by atoms with E-state index in [1.807, 2.05) is 12.1 Å². The van der Waals surface area contributed by atoms with Gasteiger partial charge in [-0.25, -0.2) is 0 Å². The van der Waals surface area contributed by atoms with Crippen LogP contribution in [0.2, 0.25) is 0 Å². The lowest BCUT2D eigenvalue weighted by atomic mass is 9.88. The maximum Gasteiger partial charge on any atom is 0.238 e. The van der Waals surface area contributed by atoms with E-state index in [0.29, 0.717) is 11.6 Å². The Bertz CT molecular complexity index is 790. The molecule has 0 radical (unpaired) electrons. The lowest BCUT2D eigenvalue weighted by Crippen LogP contribution is -2.33. The highest BCUT2D eigenvalue weighted by Crippen LogP contribution is 2.29. The average Bonchev–Trinajstić information content (AvgIpc) is 3.04. The zero-order valence-electron chi connectivity index (χ0n) is 15.0. The Morgan fingerprint density at radius 1 is 1.38 bits per heavy atom. The van der Waals surface area contributed by atoms with E-state index in [9.17, 15) is 9.59 Å². The first-order valence-corrected chi connectivity index (χ1v) is 9.81. The predicted octanol–water partition coefficient (Wildman–Crippen LogP) is 3.24. The van der Waals surface area contributed by atoms with Crippen LogP contribution in [0.15, 0.2) is 34.9 Å². The van der Waals surface area contributed by atoms with Crippen molar-refractivity contribution in [2.45, 2.75) is 44.4 Å². The SMILES string of the molecule is Cc1cc(NC(=O)[C@@H](C)SCC(=O)N[C@@H]2CCCc3ccccc32)no1. The highest BCUT2D eigenvalue weighted by atomic mass is 32.2. The molecule has 2 N–H and O–H groups in total. The number of nitrogens with one attached hydrogen (secondary N) is 2. The van der Waals surface area contributed by atoms with Crippen molar-refractivity contribution in [1.82, 2.24) is 10.5 Å². The van der Waals surface area contributed by atoms with Crippen LogP contribution in [0.5, 0.6) is 0 Å². The number of hydrogen-bond donors (Lipinski definition) is 2. The summed E-state index contributed by atoms with van der Waals surface area (Å²) >= 11 is 1.31. The molecule has 0 saturated heterocycles. The van der Waals surface area contributed by atoms with Gasteiger partial charge >= 0.3 is 0 Å². The van der Waals surface area contributed by atoms with Gasteiger partial charge in [-0.3, -0.25) is 9.59 Å². The second-order valence-electron chi connectivity index (χ2n) is 6.48. The van der Waals surface area contributed by atoms with Crippen LogP contribution in [0.3, 0.4) is 0 Å². The molecule has 0 aliphatic heterocycles. The summed E-state index contributed by atoms with van der Waals surface area (Å²) in [5.41, 5.74) is 2.52. The van der Waals surface area contributed by atoms with Gasteiger partial charge in [0.1, 0.15) is 5.76 Å². The number of hydrogen-bond acceptors (Lipinski definition) is 5. The smallest absolute Gasteiger partial charge is 0.238 e. The van der Waals surface area contributed by atoms with Crippen LogP contribution in [0.4, 0.5) is 5.82 Å². The number of anilines is 1. The fourth-order valence-corrected chi connectivity index (χ4v) is 3.76. The zero-order valence-corrected chi connectivity index (χ0v) is 15.8. The van der Waals surface area contributed by atoms with Crippen LogP contribution in [-0.2, 0) is 16.0 Å². The Labute approximate surface area is 157 Å². The highest BCUT2D eigenvalue weighted by molar-refractivity contribution is 8.01. The summed E-state index contributed by atoms with van der Waals surface area (Å²) in [7, 11) is 0. The monoisotopic (exact) mass is 373 g/mol. The fourth-order valence-electron chi connectivity index (χ4n) is 3.07. The maximum absolute atomic E-state index is 12.3. The molecule has 1 aliphatic rings. The van der Waals surface area contributed by atoms with Crippen molar-refractivity contribution in [2.75, 3.05) is 11.1 Å². The predicted molar refractivity (Wildman–Crippen MR) is 102 cm³/mol. The second kappa shape index (κ2) is 8.40. The highest BCUT2D eigenvalue weighted by Gasteiger charge is 2.22. The number of fused-ring (bicyclic) bond motifs is 1. The van der Waals surface area contributed by atoms with Crippen molar-refractivity contribution in [3.8, 4) is 0 Å². The molecule has 6 nitrogen and oxygen atoms in total. The summed E-state index contributed by atoms with van der Waals surface area (Å²) in [5, 5.41) is 9.16. The van der Waals surface area contributed by atoms with Crippen molar-refractivity contribution in [3.05, 3.63) is 47.2 Å². The van der Waals surface area contributed by atoms with Gasteiger partial charge in [-0.05, 0) is 44.2 Å². The average molecular weight is 373 g/mol. The topological polar surface area (TPSA) is 84.2 Å². The van der Waals surface area contributed by atoms with Crippen LogP contribution in [-0.4, -0.2) is 28.0 Å². The van der Waals surface area contributed by atoms with Gasteiger partial charge in [0.15, 0.2) is 5.82 Å². The number of nitrogens with zero attached hydrogens (tertiary/aromatic N) is 1. The number of benzene rings is 1. The van der Waals surface area contributed by atoms with Gasteiger partial charge < -0.3 is 15.2 Å². The van der Waals surface area contributed by atoms with Crippen molar-refractivity contribution < 1.29 is 14.1 Å². The number of carbonyl (C=O) groups excluding carboxylic acids is 2. The van der Waals surface area contributed by atoms with E-state index in [4.69, 9.17) is 4.52 Å². The van der Waals surface area contributed by atoms with Crippen molar-refractivity contribution >= 4 is 29.4 Å². The van der Waals surface area contributed by atoms with E-state index in [1.54, 1.807) is 19.9 Å². The Morgan fingerprint density at radius 3 is 2.96 bits per heavy atom. The second-order valence-corrected chi connectivity index (χ2v) is 7.81. The van der Waals surface area contributed by atoms with Crippen molar-refractivity contribution in [2.24, 2.45) is 0 Å². The van der Waals surface area contributed by atoms with Gasteiger partial charge in [0, 0.05) is 6.07 Å². The number of carbonyl (C=O) groups is 2. The number of amides is 2. The van der Waals surface area contributed by atoms with Gasteiger partial charge in [-0.15, -0.1) is 11.8 Å². The van der Waals surface area contributed by atoms with E-state index in [0.717, 1.165) is 19.3 Å². The van der Waals surface area contributed by atoms with Gasteiger partial charge in [-0.1, -0.05) is 29.4 Å². The first-order valence-electron chi connectivity index (χ1n) is 8.76. The molecular weight excluding hydrogens is 350 g/mol. The molecule has 7 heteroatoms. The summed E-state index contributed by atoms with van der Waals surface area (Å²) in [6, 6.07) is 9.98. The summed E-state index contributed by atoms with van der Waals surface area (Å²) in [5.74, 6) is 1.02. The molecule has 1 aromatic heterocycles. The minimum atomic E-state index is -0.364. The fraction of sp³-hybridized carbons (Fsp3) is 0.421. The molecule has 1 heterocycles. The summed E-state index contributed by atoms with van der Waals surface area (Å²) < 4.78 is 4.92. The molecule has 2 amide bonds. The van der Waals surface area contributed by atoms with E-state index >= 15 is 0 Å². The van der Waals surface area contributed by atoms with Crippen molar-refractivity contribution in [1.29, 1.82) is 0 Å². The number of rotatable bonds is 6. The third-order valence-corrected chi connectivity index (χ3v) is 5.56. The van der Waals surface area contributed by atoms with E-state index in [1.165, 1.54) is 22.9 Å². The molecule has 0 unspecified atom stereocenters. The number of aromatic nitrogens is 1. The van der Waals surface area contributed by atoms with E-state index in [2.05, 4.69) is 27.9 Å². The molecular formula is C19H23N3O3S. The maximum atomic E-state index is 12.3. The summed E-state index contributed by atoms with van der Waals surface area (Å²) in [6.07, 6.45) is 3.09. The van der Waals surface area contributed by atoms with Crippen LogP contribution in [0.25, 0.3) is 0 Å². The Hall–Kier alpha value is -2.28. The molecule has 0 bridgehead atoms. The number of aryl methyl sites for hydroxylation is 2. The number of thioether (sulfide) groups is 1. The van der Waals surface area contributed by atoms with E-state index < -0.39 is 0 Å². The third kappa shape index (κ3) is 4.66. The zero-order chi connectivity index (χ0) is 18.5. The summed E-state index contributed by atoms with van der Waals surface area (Å²) in [6.45, 7) is 3.53. The molecule has 2 atom stereocenters. The minimum Gasteiger partial charge on any atom is -0.360 e. The van der Waals surface area contributed by atoms with Gasteiger partial charge in [-0.2, -0.15) is 0 Å². The van der Waals surface area contributed by atoms with E-state index in [-0.39, 0.29) is 28.9 Å². The van der Waals surface area contributed by atoms with Crippen LogP contribution < -0.4 is 10.6 Å². The Morgan fingerprint density at radius 2 is 2.19 bits per heavy atom. The molecule has 3 rings (SSSR count). The Balaban J connectivity index is 1.47. The molecule has 1 aliphatic carbocycles. The molecule has 0 spiro atoms. The standard InChI is InChI=1S/C19H23N3O3S/c1-12-10-17(22-25-12)21-19(24)13(2)26-11-18(23)20-16-9-5-7-14-6-3-4-8-15(14)16/h3-4,6,8,10,13,16H,5,7,9,11H2,1-2H3,(H,20,23)(H,21,22,24)/t13-,16-/m1/s1. The van der Waals surface area contributed by atoms with Gasteiger partial charge in [0.05, 0.1) is 17.0 Å². The lowest BCUT2D eigenvalue weighted by Gasteiger charge is -2.26. The Kier molecular flexibility index (Phi) is 5.98. The van der Waals surface area contributed by atoms with Crippen molar-refractivity contribution in [3.63, 3.8) is 0 Å². The largest absolute Gasteiger partial charge is 0.360 e. The third-order valence-electron chi connectivity index (χ3n) is 4.42. The first kappa shape index (κ1) is 18.5. The van der Waals surface area contributed by atoms with Crippen LogP contribution in [0.1, 0.15) is 42.7 Å².